The number of hydrogen-bond acceptors (Lipinski definition) is 3. The van der Waals surface area contributed by atoms with Crippen molar-refractivity contribution in [1.82, 2.24) is 4.98 Å². The highest BCUT2D eigenvalue weighted by atomic mass is 32.1. The van der Waals surface area contributed by atoms with E-state index >= 15 is 0 Å². The lowest BCUT2D eigenvalue weighted by molar-refractivity contribution is 0.557. The molecule has 2 N–H and O–H groups in total. The van der Waals surface area contributed by atoms with E-state index in [1.807, 2.05) is 0 Å². The first kappa shape index (κ1) is 15.2. The van der Waals surface area contributed by atoms with Crippen molar-refractivity contribution >= 4 is 11.3 Å². The number of rotatable bonds is 5. The SMILES string of the molecule is CCCc1nc(-c2ccc(CC)cc2)sc1C(C)(C)N. The van der Waals surface area contributed by atoms with Crippen LogP contribution in [0.3, 0.4) is 0 Å². The number of aromatic nitrogens is 1. The first-order valence-corrected chi connectivity index (χ1v) is 8.15. The van der Waals surface area contributed by atoms with E-state index in [0.717, 1.165) is 24.3 Å². The molecule has 2 rings (SSSR count). The molecule has 0 saturated carbocycles. The van der Waals surface area contributed by atoms with E-state index in [2.05, 4.69) is 52.0 Å². The summed E-state index contributed by atoms with van der Waals surface area (Å²) in [5, 5.41) is 1.09. The van der Waals surface area contributed by atoms with Crippen molar-refractivity contribution in [3.8, 4) is 10.6 Å². The van der Waals surface area contributed by atoms with Gasteiger partial charge < -0.3 is 5.73 Å². The molecular formula is C17H24N2S. The van der Waals surface area contributed by atoms with Crippen LogP contribution >= 0.6 is 11.3 Å². The number of aryl methyl sites for hydroxylation is 2. The van der Waals surface area contributed by atoms with Gasteiger partial charge in [-0.15, -0.1) is 11.3 Å². The largest absolute Gasteiger partial charge is 0.321 e. The van der Waals surface area contributed by atoms with Crippen LogP contribution in [0.25, 0.3) is 10.6 Å². The molecule has 1 aromatic heterocycles. The molecule has 3 heteroatoms. The van der Waals surface area contributed by atoms with E-state index in [-0.39, 0.29) is 5.54 Å². The second-order valence-corrected chi connectivity index (χ2v) is 6.82. The van der Waals surface area contributed by atoms with Crippen molar-refractivity contribution in [2.24, 2.45) is 5.73 Å². The molecule has 2 nitrogen and oxygen atoms in total. The summed E-state index contributed by atoms with van der Waals surface area (Å²) in [6.07, 6.45) is 3.17. The minimum absolute atomic E-state index is 0.316. The van der Waals surface area contributed by atoms with E-state index in [1.165, 1.54) is 21.7 Å². The van der Waals surface area contributed by atoms with Gasteiger partial charge in [0.25, 0.3) is 0 Å². The number of thiazole rings is 1. The molecular weight excluding hydrogens is 264 g/mol. The van der Waals surface area contributed by atoms with Crippen LogP contribution in [0.4, 0.5) is 0 Å². The van der Waals surface area contributed by atoms with Crippen LogP contribution in [0, 0.1) is 0 Å². The summed E-state index contributed by atoms with van der Waals surface area (Å²) >= 11 is 1.74. The van der Waals surface area contributed by atoms with Crippen molar-refractivity contribution in [2.75, 3.05) is 0 Å². The fraction of sp³-hybridized carbons (Fsp3) is 0.471. The third kappa shape index (κ3) is 3.28. The predicted octanol–water partition coefficient (Wildman–Crippen LogP) is 4.52. The second-order valence-electron chi connectivity index (χ2n) is 5.82. The highest BCUT2D eigenvalue weighted by molar-refractivity contribution is 7.15. The zero-order chi connectivity index (χ0) is 14.8. The highest BCUT2D eigenvalue weighted by Gasteiger charge is 2.23. The van der Waals surface area contributed by atoms with Crippen LogP contribution in [-0.2, 0) is 18.4 Å². The minimum Gasteiger partial charge on any atom is -0.321 e. The van der Waals surface area contributed by atoms with Gasteiger partial charge in [-0.05, 0) is 32.3 Å². The minimum atomic E-state index is -0.316. The number of nitrogens with zero attached hydrogens (tertiary/aromatic N) is 1. The summed E-state index contributed by atoms with van der Waals surface area (Å²) in [6, 6.07) is 8.70. The van der Waals surface area contributed by atoms with Gasteiger partial charge in [-0.3, -0.25) is 0 Å². The van der Waals surface area contributed by atoms with Gasteiger partial charge in [0.05, 0.1) is 5.69 Å². The van der Waals surface area contributed by atoms with Crippen LogP contribution in [-0.4, -0.2) is 4.98 Å². The van der Waals surface area contributed by atoms with Gasteiger partial charge in [-0.2, -0.15) is 0 Å². The van der Waals surface area contributed by atoms with Gasteiger partial charge in [-0.25, -0.2) is 4.98 Å². The predicted molar refractivity (Wildman–Crippen MR) is 88.1 cm³/mol. The number of hydrogen-bond donors (Lipinski definition) is 1. The standard InChI is InChI=1S/C17H24N2S/c1-5-7-14-15(17(3,4)18)20-16(19-14)13-10-8-12(6-2)9-11-13/h8-11H,5-7,18H2,1-4H3. The molecule has 0 aliphatic heterocycles. The molecule has 2 aromatic rings. The summed E-state index contributed by atoms with van der Waals surface area (Å²) in [4.78, 5) is 6.05. The average Bonchev–Trinajstić information content (AvgIpc) is 2.83. The van der Waals surface area contributed by atoms with Gasteiger partial charge in [0, 0.05) is 16.0 Å². The molecule has 0 saturated heterocycles. The van der Waals surface area contributed by atoms with Gasteiger partial charge in [-0.1, -0.05) is 44.5 Å². The van der Waals surface area contributed by atoms with E-state index in [1.54, 1.807) is 11.3 Å². The Morgan fingerprint density at radius 1 is 1.15 bits per heavy atom. The Bertz CT molecular complexity index is 562. The Labute approximate surface area is 126 Å². The normalized spacial score (nSPS) is 11.8. The molecule has 0 radical (unpaired) electrons. The van der Waals surface area contributed by atoms with Gasteiger partial charge >= 0.3 is 0 Å². The maximum atomic E-state index is 6.30. The molecule has 1 heterocycles. The van der Waals surface area contributed by atoms with Crippen LogP contribution in [0.1, 0.15) is 50.3 Å². The maximum absolute atomic E-state index is 6.30. The van der Waals surface area contributed by atoms with Crippen molar-refractivity contribution < 1.29 is 0 Å². The molecule has 0 bridgehead atoms. The summed E-state index contributed by atoms with van der Waals surface area (Å²) in [6.45, 7) is 8.47. The monoisotopic (exact) mass is 288 g/mol. The van der Waals surface area contributed by atoms with Gasteiger partial charge in [0.2, 0.25) is 0 Å². The Balaban J connectivity index is 2.41. The molecule has 0 atom stereocenters. The molecule has 20 heavy (non-hydrogen) atoms. The van der Waals surface area contributed by atoms with Crippen molar-refractivity contribution in [3.05, 3.63) is 40.4 Å². The molecule has 0 aliphatic rings. The lowest BCUT2D eigenvalue weighted by Gasteiger charge is -2.17. The van der Waals surface area contributed by atoms with E-state index in [0.29, 0.717) is 0 Å². The summed E-state index contributed by atoms with van der Waals surface area (Å²) in [5.74, 6) is 0. The van der Waals surface area contributed by atoms with E-state index < -0.39 is 0 Å². The quantitative estimate of drug-likeness (QED) is 0.878. The van der Waals surface area contributed by atoms with Crippen molar-refractivity contribution in [1.29, 1.82) is 0 Å². The average molecular weight is 288 g/mol. The fourth-order valence-electron chi connectivity index (χ4n) is 2.27. The molecule has 0 unspecified atom stereocenters. The summed E-state index contributed by atoms with van der Waals surface area (Å²) in [7, 11) is 0. The third-order valence-electron chi connectivity index (χ3n) is 3.38. The van der Waals surface area contributed by atoms with Crippen LogP contribution in [0.5, 0.6) is 0 Å². The van der Waals surface area contributed by atoms with Crippen molar-refractivity contribution in [3.63, 3.8) is 0 Å². The second kappa shape index (κ2) is 6.06. The smallest absolute Gasteiger partial charge is 0.123 e. The Kier molecular flexibility index (Phi) is 4.61. The first-order valence-electron chi connectivity index (χ1n) is 7.34. The Hall–Kier alpha value is -1.19. The highest BCUT2D eigenvalue weighted by Crippen LogP contribution is 2.34. The molecule has 0 spiro atoms. The topological polar surface area (TPSA) is 38.9 Å². The summed E-state index contributed by atoms with van der Waals surface area (Å²) < 4.78 is 0. The van der Waals surface area contributed by atoms with Gasteiger partial charge in [0.1, 0.15) is 5.01 Å². The van der Waals surface area contributed by atoms with Crippen LogP contribution < -0.4 is 5.73 Å². The molecule has 0 aliphatic carbocycles. The van der Waals surface area contributed by atoms with Crippen LogP contribution in [0.2, 0.25) is 0 Å². The number of nitrogens with two attached hydrogens (primary N) is 1. The molecule has 108 valence electrons. The van der Waals surface area contributed by atoms with Crippen molar-refractivity contribution in [2.45, 2.75) is 52.5 Å². The van der Waals surface area contributed by atoms with Gasteiger partial charge in [0.15, 0.2) is 0 Å². The van der Waals surface area contributed by atoms with Crippen LogP contribution in [0.15, 0.2) is 24.3 Å². The molecule has 1 aromatic carbocycles. The first-order chi connectivity index (χ1) is 9.45. The zero-order valence-electron chi connectivity index (χ0n) is 12.9. The Morgan fingerprint density at radius 3 is 2.30 bits per heavy atom. The lowest BCUT2D eigenvalue weighted by Crippen LogP contribution is -2.28. The molecule has 0 fully saturated rings. The Morgan fingerprint density at radius 2 is 1.80 bits per heavy atom. The lowest BCUT2D eigenvalue weighted by atomic mass is 10.0. The maximum Gasteiger partial charge on any atom is 0.123 e. The van der Waals surface area contributed by atoms with E-state index in [4.69, 9.17) is 10.7 Å². The molecule has 0 amide bonds. The third-order valence-corrected chi connectivity index (χ3v) is 4.86. The summed E-state index contributed by atoms with van der Waals surface area (Å²) in [5.41, 5.74) is 9.70. The zero-order valence-corrected chi connectivity index (χ0v) is 13.7. The fourth-order valence-corrected chi connectivity index (χ4v) is 3.40. The number of benzene rings is 1. The van der Waals surface area contributed by atoms with E-state index in [9.17, 15) is 0 Å².